The first kappa shape index (κ1) is 12.4. The predicted octanol–water partition coefficient (Wildman–Crippen LogP) is 1.85. The summed E-state index contributed by atoms with van der Waals surface area (Å²) in [4.78, 5) is 16.9. The fraction of sp³-hybridized carbons (Fsp3) is 0.727. The molecule has 0 aromatic carbocycles. The third-order valence-electron chi connectivity index (χ3n) is 3.76. The van der Waals surface area contributed by atoms with E-state index in [-0.39, 0.29) is 10.6 Å². The van der Waals surface area contributed by atoms with Crippen molar-refractivity contribution in [2.75, 3.05) is 24.5 Å². The van der Waals surface area contributed by atoms with Crippen LogP contribution >= 0.6 is 23.2 Å². The van der Waals surface area contributed by atoms with Crippen LogP contribution in [0.3, 0.4) is 0 Å². The van der Waals surface area contributed by atoms with E-state index < -0.39 is 0 Å². The minimum absolute atomic E-state index is 0.158. The van der Waals surface area contributed by atoms with Gasteiger partial charge in [0.1, 0.15) is 0 Å². The Morgan fingerprint density at radius 2 is 1.83 bits per heavy atom. The summed E-state index contributed by atoms with van der Waals surface area (Å²) in [5.74, 6) is 0.596. The number of hydrogen-bond acceptors (Lipinski definition) is 5. The minimum Gasteiger partial charge on any atom is -0.335 e. The van der Waals surface area contributed by atoms with Gasteiger partial charge in [0.05, 0.1) is 0 Å². The van der Waals surface area contributed by atoms with Gasteiger partial charge in [-0.1, -0.05) is 0 Å². The van der Waals surface area contributed by atoms with Crippen molar-refractivity contribution in [3.05, 3.63) is 10.6 Å². The second-order valence-electron chi connectivity index (χ2n) is 4.97. The maximum Gasteiger partial charge on any atom is 0.231 e. The summed E-state index contributed by atoms with van der Waals surface area (Å²) in [7, 11) is 0. The van der Waals surface area contributed by atoms with E-state index >= 15 is 0 Å². The molecule has 2 unspecified atom stereocenters. The lowest BCUT2D eigenvalue weighted by molar-refractivity contribution is 0.201. The Morgan fingerprint density at radius 3 is 2.56 bits per heavy atom. The molecule has 5 nitrogen and oxygen atoms in total. The van der Waals surface area contributed by atoms with Gasteiger partial charge in [-0.05, 0) is 49.5 Å². The summed E-state index contributed by atoms with van der Waals surface area (Å²) >= 11 is 11.7. The normalized spacial score (nSPS) is 28.5. The first-order valence-corrected chi connectivity index (χ1v) is 6.97. The lowest BCUT2D eigenvalue weighted by Gasteiger charge is -2.42. The molecule has 2 atom stereocenters. The summed E-state index contributed by atoms with van der Waals surface area (Å²) in [5.41, 5.74) is 0. The summed E-state index contributed by atoms with van der Waals surface area (Å²) < 4.78 is 0. The Hall–Kier alpha value is -0.650. The molecule has 98 valence electrons. The highest BCUT2D eigenvalue weighted by molar-refractivity contribution is 6.31. The molecule has 2 saturated heterocycles. The van der Waals surface area contributed by atoms with E-state index in [0.717, 1.165) is 13.1 Å². The lowest BCUT2D eigenvalue weighted by atomic mass is 10.1. The molecule has 18 heavy (non-hydrogen) atoms. The van der Waals surface area contributed by atoms with Crippen molar-refractivity contribution in [1.82, 2.24) is 19.9 Å². The van der Waals surface area contributed by atoms with Gasteiger partial charge in [-0.15, -0.1) is 0 Å². The van der Waals surface area contributed by atoms with Gasteiger partial charge in [0, 0.05) is 25.2 Å². The molecule has 2 aliphatic rings. The first-order chi connectivity index (χ1) is 8.63. The number of nitrogens with zero attached hydrogens (tertiary/aromatic N) is 5. The van der Waals surface area contributed by atoms with Crippen molar-refractivity contribution in [2.24, 2.45) is 0 Å². The summed E-state index contributed by atoms with van der Waals surface area (Å²) in [5, 5.41) is 0.317. The Balaban J connectivity index is 1.86. The van der Waals surface area contributed by atoms with Crippen molar-refractivity contribution < 1.29 is 0 Å². The molecule has 1 aromatic heterocycles. The van der Waals surface area contributed by atoms with Crippen LogP contribution in [0, 0.1) is 0 Å². The van der Waals surface area contributed by atoms with Crippen LogP contribution in [0.4, 0.5) is 5.95 Å². The Labute approximate surface area is 116 Å². The maximum absolute atomic E-state index is 5.84. The average Bonchev–Trinajstić information content (AvgIpc) is 2.73. The van der Waals surface area contributed by atoms with Gasteiger partial charge in [0.2, 0.25) is 16.5 Å². The zero-order valence-corrected chi connectivity index (χ0v) is 11.7. The molecular weight excluding hydrogens is 273 g/mol. The molecule has 1 aromatic rings. The van der Waals surface area contributed by atoms with Gasteiger partial charge in [-0.2, -0.15) is 15.0 Å². The molecule has 2 fully saturated rings. The number of fused-ring (bicyclic) bond motifs is 1. The molecule has 7 heteroatoms. The van der Waals surface area contributed by atoms with E-state index in [2.05, 4.69) is 31.7 Å². The van der Waals surface area contributed by atoms with Gasteiger partial charge < -0.3 is 4.90 Å². The number of anilines is 1. The molecule has 0 bridgehead atoms. The molecule has 0 radical (unpaired) electrons. The summed E-state index contributed by atoms with van der Waals surface area (Å²) in [6.07, 6.45) is 2.53. The summed E-state index contributed by atoms with van der Waals surface area (Å²) in [6, 6.07) is 0.976. The monoisotopic (exact) mass is 287 g/mol. The third kappa shape index (κ3) is 2.27. The quantitative estimate of drug-likeness (QED) is 0.789. The van der Waals surface area contributed by atoms with Crippen molar-refractivity contribution in [3.8, 4) is 0 Å². The number of halogens is 2. The molecule has 3 heterocycles. The standard InChI is InChI=1S/C11H15Cl2N5/c1-7-5-17-4-2-3-8(17)6-18(7)11-15-9(12)14-10(13)16-11/h7-8H,2-6H2,1H3. The molecule has 0 saturated carbocycles. The van der Waals surface area contributed by atoms with Crippen molar-refractivity contribution in [3.63, 3.8) is 0 Å². The Bertz CT molecular complexity index is 435. The molecular formula is C11H15Cl2N5. The van der Waals surface area contributed by atoms with Crippen LogP contribution in [-0.2, 0) is 0 Å². The van der Waals surface area contributed by atoms with E-state index in [0.29, 0.717) is 18.0 Å². The highest BCUT2D eigenvalue weighted by atomic mass is 35.5. The second kappa shape index (κ2) is 4.79. The van der Waals surface area contributed by atoms with Crippen LogP contribution in [-0.4, -0.2) is 51.6 Å². The van der Waals surface area contributed by atoms with Gasteiger partial charge in [0.25, 0.3) is 0 Å². The fourth-order valence-corrected chi connectivity index (χ4v) is 3.27. The van der Waals surface area contributed by atoms with Crippen molar-refractivity contribution >= 4 is 29.2 Å². The number of piperazine rings is 1. The van der Waals surface area contributed by atoms with Crippen LogP contribution in [0.5, 0.6) is 0 Å². The largest absolute Gasteiger partial charge is 0.335 e. The number of aromatic nitrogens is 3. The molecule has 2 aliphatic heterocycles. The maximum atomic E-state index is 5.84. The Kier molecular flexibility index (Phi) is 3.30. The predicted molar refractivity (Wildman–Crippen MR) is 71.3 cm³/mol. The van der Waals surface area contributed by atoms with Gasteiger partial charge >= 0.3 is 0 Å². The topological polar surface area (TPSA) is 45.2 Å². The van der Waals surface area contributed by atoms with Crippen LogP contribution in [0.25, 0.3) is 0 Å². The SMILES string of the molecule is CC1CN2CCCC2CN1c1nc(Cl)nc(Cl)n1. The number of rotatable bonds is 1. The fourth-order valence-electron chi connectivity index (χ4n) is 2.91. The lowest BCUT2D eigenvalue weighted by Crippen LogP contribution is -2.55. The molecule has 0 N–H and O–H groups in total. The summed E-state index contributed by atoms with van der Waals surface area (Å²) in [6.45, 7) is 5.38. The highest BCUT2D eigenvalue weighted by Crippen LogP contribution is 2.27. The second-order valence-corrected chi connectivity index (χ2v) is 5.64. The highest BCUT2D eigenvalue weighted by Gasteiger charge is 2.35. The van der Waals surface area contributed by atoms with Crippen LogP contribution in [0.1, 0.15) is 19.8 Å². The van der Waals surface area contributed by atoms with Crippen molar-refractivity contribution in [2.45, 2.75) is 31.8 Å². The Morgan fingerprint density at radius 1 is 1.11 bits per heavy atom. The van der Waals surface area contributed by atoms with Crippen LogP contribution < -0.4 is 4.90 Å². The van der Waals surface area contributed by atoms with E-state index in [1.165, 1.54) is 19.4 Å². The van der Waals surface area contributed by atoms with E-state index in [1.54, 1.807) is 0 Å². The molecule has 0 aliphatic carbocycles. The first-order valence-electron chi connectivity index (χ1n) is 6.21. The third-order valence-corrected chi connectivity index (χ3v) is 4.10. The van der Waals surface area contributed by atoms with Crippen molar-refractivity contribution in [1.29, 1.82) is 0 Å². The zero-order chi connectivity index (χ0) is 12.7. The molecule has 0 spiro atoms. The minimum atomic E-state index is 0.158. The van der Waals surface area contributed by atoms with Gasteiger partial charge in [-0.3, -0.25) is 4.90 Å². The molecule has 3 rings (SSSR count). The van der Waals surface area contributed by atoms with Crippen LogP contribution in [0.2, 0.25) is 10.6 Å². The van der Waals surface area contributed by atoms with Crippen LogP contribution in [0.15, 0.2) is 0 Å². The van der Waals surface area contributed by atoms with E-state index in [4.69, 9.17) is 23.2 Å². The average molecular weight is 288 g/mol. The molecule has 0 amide bonds. The smallest absolute Gasteiger partial charge is 0.231 e. The van der Waals surface area contributed by atoms with Gasteiger partial charge in [0.15, 0.2) is 0 Å². The zero-order valence-electron chi connectivity index (χ0n) is 10.2. The van der Waals surface area contributed by atoms with E-state index in [1.807, 2.05) is 0 Å². The number of hydrogen-bond donors (Lipinski definition) is 0. The van der Waals surface area contributed by atoms with Gasteiger partial charge in [-0.25, -0.2) is 0 Å². The van der Waals surface area contributed by atoms with E-state index in [9.17, 15) is 0 Å².